The fraction of sp³-hybridized carbons (Fsp3) is 0.571. The first-order chi connectivity index (χ1) is 11.7. The lowest BCUT2D eigenvalue weighted by Crippen LogP contribution is -2.40. The number of rotatable bonds is 8. The highest BCUT2D eigenvalue weighted by Gasteiger charge is 2.23. The highest BCUT2D eigenvalue weighted by Crippen LogP contribution is 2.27. The molecule has 0 unspecified atom stereocenters. The van der Waals surface area contributed by atoms with Crippen molar-refractivity contribution in [2.75, 3.05) is 4.90 Å². The van der Waals surface area contributed by atoms with Gasteiger partial charge < -0.3 is 10.2 Å². The number of nitrogens with one attached hydrogen (secondary N) is 1. The van der Waals surface area contributed by atoms with Crippen LogP contribution in [0.2, 0.25) is 0 Å². The van der Waals surface area contributed by atoms with Crippen LogP contribution in [0.15, 0.2) is 24.6 Å². The van der Waals surface area contributed by atoms with Crippen molar-refractivity contribution in [1.82, 2.24) is 10.3 Å². The number of aryl methyl sites for hydroxylation is 1. The number of hydrogen-bond acceptors (Lipinski definition) is 3. The van der Waals surface area contributed by atoms with E-state index < -0.39 is 0 Å². The first kappa shape index (κ1) is 21.0. The zero-order chi connectivity index (χ0) is 19.2. The SMILES string of the molecule is C=C=C(N[C@@](C)(CC)CCC)c1cnc(C)c(N(C(C)=O)C(C)C)c1. The Balaban J connectivity index is 3.31. The number of pyridine rings is 1. The lowest BCUT2D eigenvalue weighted by molar-refractivity contribution is -0.116. The van der Waals surface area contributed by atoms with Crippen molar-refractivity contribution in [2.24, 2.45) is 0 Å². The molecule has 0 bridgehead atoms. The second kappa shape index (κ2) is 8.87. The summed E-state index contributed by atoms with van der Waals surface area (Å²) in [4.78, 5) is 18.4. The van der Waals surface area contributed by atoms with Gasteiger partial charge in [-0.3, -0.25) is 9.78 Å². The van der Waals surface area contributed by atoms with Crippen molar-refractivity contribution in [3.8, 4) is 0 Å². The van der Waals surface area contributed by atoms with Gasteiger partial charge in [0.15, 0.2) is 0 Å². The van der Waals surface area contributed by atoms with Gasteiger partial charge in [-0.25, -0.2) is 0 Å². The Morgan fingerprint density at radius 2 is 2.08 bits per heavy atom. The fourth-order valence-electron chi connectivity index (χ4n) is 3.11. The molecule has 0 radical (unpaired) electrons. The molecular weight excluding hydrogens is 310 g/mol. The summed E-state index contributed by atoms with van der Waals surface area (Å²) in [7, 11) is 0. The number of amides is 1. The van der Waals surface area contributed by atoms with Crippen LogP contribution in [-0.2, 0) is 4.79 Å². The molecule has 0 saturated carbocycles. The molecule has 138 valence electrons. The van der Waals surface area contributed by atoms with E-state index in [9.17, 15) is 4.79 Å². The van der Waals surface area contributed by atoms with E-state index in [4.69, 9.17) is 0 Å². The summed E-state index contributed by atoms with van der Waals surface area (Å²) in [5, 5.41) is 3.59. The number of nitrogens with zero attached hydrogens (tertiary/aromatic N) is 2. The lowest BCUT2D eigenvalue weighted by Gasteiger charge is -2.32. The van der Waals surface area contributed by atoms with E-state index in [-0.39, 0.29) is 17.5 Å². The van der Waals surface area contributed by atoms with E-state index in [0.717, 1.165) is 41.9 Å². The molecule has 1 rings (SSSR count). The van der Waals surface area contributed by atoms with Crippen LogP contribution in [0.4, 0.5) is 5.69 Å². The standard InChI is InChI=1S/C21H33N3O/c1-9-12-21(8,11-3)23-19(10-2)18-13-20(16(6)22-14-18)24(15(4)5)17(7)25/h13-15,23H,2,9,11-12H2,1,3-8H3/t21-/m0/s1. The summed E-state index contributed by atoms with van der Waals surface area (Å²) in [6, 6.07) is 2.07. The molecule has 1 amide bonds. The first-order valence-electron chi connectivity index (χ1n) is 9.14. The Bertz CT molecular complexity index is 659. The molecule has 25 heavy (non-hydrogen) atoms. The number of anilines is 1. The van der Waals surface area contributed by atoms with E-state index >= 15 is 0 Å². The van der Waals surface area contributed by atoms with Gasteiger partial charge in [0.1, 0.15) is 0 Å². The molecule has 1 aromatic rings. The number of carbonyl (C=O) groups excluding carboxylic acids is 1. The Kier molecular flexibility index (Phi) is 7.44. The zero-order valence-corrected chi connectivity index (χ0v) is 16.9. The predicted octanol–water partition coefficient (Wildman–Crippen LogP) is 4.84. The molecular formula is C21H33N3O. The van der Waals surface area contributed by atoms with Gasteiger partial charge in [-0.1, -0.05) is 26.8 Å². The van der Waals surface area contributed by atoms with E-state index in [2.05, 4.69) is 43.4 Å². The minimum Gasteiger partial charge on any atom is -0.373 e. The summed E-state index contributed by atoms with van der Waals surface area (Å²) in [5.74, 6) is 0.0125. The Morgan fingerprint density at radius 3 is 2.52 bits per heavy atom. The van der Waals surface area contributed by atoms with Gasteiger partial charge in [-0.05, 0) is 46.6 Å². The molecule has 0 aliphatic carbocycles. The summed E-state index contributed by atoms with van der Waals surface area (Å²) < 4.78 is 0. The van der Waals surface area contributed by atoms with Crippen molar-refractivity contribution in [1.29, 1.82) is 0 Å². The van der Waals surface area contributed by atoms with Crippen molar-refractivity contribution < 1.29 is 4.79 Å². The second-order valence-corrected chi connectivity index (χ2v) is 7.15. The smallest absolute Gasteiger partial charge is 0.224 e. The summed E-state index contributed by atoms with van der Waals surface area (Å²) in [5.41, 5.74) is 6.41. The second-order valence-electron chi connectivity index (χ2n) is 7.15. The third-order valence-corrected chi connectivity index (χ3v) is 4.65. The van der Waals surface area contributed by atoms with Gasteiger partial charge in [-0.15, -0.1) is 5.73 Å². The largest absolute Gasteiger partial charge is 0.373 e. The fourth-order valence-corrected chi connectivity index (χ4v) is 3.11. The number of aromatic nitrogens is 1. The normalized spacial score (nSPS) is 13.1. The zero-order valence-electron chi connectivity index (χ0n) is 16.9. The molecule has 4 heteroatoms. The Morgan fingerprint density at radius 1 is 1.44 bits per heavy atom. The van der Waals surface area contributed by atoms with E-state index in [1.807, 2.05) is 33.0 Å². The maximum absolute atomic E-state index is 12.1. The minimum atomic E-state index is -0.0157. The van der Waals surface area contributed by atoms with Crippen LogP contribution in [0.3, 0.4) is 0 Å². The molecule has 0 aromatic carbocycles. The minimum absolute atomic E-state index is 0.0125. The van der Waals surface area contributed by atoms with Crippen LogP contribution in [0, 0.1) is 6.92 Å². The molecule has 1 N–H and O–H groups in total. The van der Waals surface area contributed by atoms with Crippen LogP contribution in [-0.4, -0.2) is 22.5 Å². The van der Waals surface area contributed by atoms with Crippen molar-refractivity contribution >= 4 is 17.3 Å². The third kappa shape index (κ3) is 5.20. The van der Waals surface area contributed by atoms with Crippen LogP contribution in [0.1, 0.15) is 72.1 Å². The van der Waals surface area contributed by atoms with Gasteiger partial charge in [0, 0.05) is 30.3 Å². The monoisotopic (exact) mass is 343 g/mol. The maximum Gasteiger partial charge on any atom is 0.224 e. The topological polar surface area (TPSA) is 45.2 Å². The van der Waals surface area contributed by atoms with Crippen molar-refractivity contribution in [3.63, 3.8) is 0 Å². The predicted molar refractivity (Wildman–Crippen MR) is 107 cm³/mol. The van der Waals surface area contributed by atoms with Crippen LogP contribution in [0.5, 0.6) is 0 Å². The molecule has 0 aliphatic heterocycles. The average Bonchev–Trinajstić information content (AvgIpc) is 2.54. The average molecular weight is 344 g/mol. The van der Waals surface area contributed by atoms with Gasteiger partial charge in [0.05, 0.1) is 17.1 Å². The van der Waals surface area contributed by atoms with E-state index in [1.165, 1.54) is 0 Å². The molecule has 0 spiro atoms. The summed E-state index contributed by atoms with van der Waals surface area (Å²) in [6.07, 6.45) is 4.99. The van der Waals surface area contributed by atoms with Crippen LogP contribution < -0.4 is 10.2 Å². The van der Waals surface area contributed by atoms with Gasteiger partial charge in [0.25, 0.3) is 0 Å². The van der Waals surface area contributed by atoms with Crippen LogP contribution in [0.25, 0.3) is 5.70 Å². The van der Waals surface area contributed by atoms with Gasteiger partial charge in [-0.2, -0.15) is 0 Å². The van der Waals surface area contributed by atoms with Gasteiger partial charge >= 0.3 is 0 Å². The summed E-state index contributed by atoms with van der Waals surface area (Å²) >= 11 is 0. The molecule has 0 saturated heterocycles. The molecule has 1 aromatic heterocycles. The van der Waals surface area contributed by atoms with Crippen molar-refractivity contribution in [3.05, 3.63) is 35.8 Å². The first-order valence-corrected chi connectivity index (χ1v) is 9.14. The highest BCUT2D eigenvalue weighted by molar-refractivity contribution is 5.93. The lowest BCUT2D eigenvalue weighted by atomic mass is 9.92. The quantitative estimate of drug-likeness (QED) is 0.687. The van der Waals surface area contributed by atoms with E-state index in [1.54, 1.807) is 11.8 Å². The molecule has 1 heterocycles. The number of carbonyl (C=O) groups is 1. The molecule has 0 aliphatic rings. The molecule has 0 fully saturated rings. The highest BCUT2D eigenvalue weighted by atomic mass is 16.2. The van der Waals surface area contributed by atoms with Crippen LogP contribution >= 0.6 is 0 Å². The number of hydrogen-bond donors (Lipinski definition) is 1. The summed E-state index contributed by atoms with van der Waals surface area (Å²) in [6.45, 7) is 18.0. The Hall–Kier alpha value is -2.06. The molecule has 4 nitrogen and oxygen atoms in total. The molecule has 1 atom stereocenters. The third-order valence-electron chi connectivity index (χ3n) is 4.65. The van der Waals surface area contributed by atoms with Crippen molar-refractivity contribution in [2.45, 2.75) is 79.3 Å². The van der Waals surface area contributed by atoms with E-state index in [0.29, 0.717) is 0 Å². The Labute approximate surface area is 153 Å². The maximum atomic E-state index is 12.1. The van der Waals surface area contributed by atoms with Gasteiger partial charge in [0.2, 0.25) is 5.91 Å².